The third kappa shape index (κ3) is 4.03. The minimum Gasteiger partial charge on any atom is -0.494 e. The number of hydrogen-bond acceptors (Lipinski definition) is 3. The van der Waals surface area contributed by atoms with Gasteiger partial charge in [-0.3, -0.25) is 0 Å². The summed E-state index contributed by atoms with van der Waals surface area (Å²) in [7, 11) is 0. The lowest BCUT2D eigenvalue weighted by atomic mass is 10.1. The molecule has 2 N–H and O–H groups in total. The van der Waals surface area contributed by atoms with E-state index in [1.54, 1.807) is 0 Å². The monoisotopic (exact) mass is 308 g/mol. The van der Waals surface area contributed by atoms with Crippen molar-refractivity contribution >= 4 is 12.2 Å². The highest BCUT2D eigenvalue weighted by Gasteiger charge is 2.32. The largest absolute Gasteiger partial charge is 0.494 e. The zero-order valence-electron chi connectivity index (χ0n) is 12.4. The first-order valence-corrected chi connectivity index (χ1v) is 7.14. The summed E-state index contributed by atoms with van der Waals surface area (Å²) in [4.78, 5) is 24.8. The molecule has 2 amide bonds. The molecule has 22 heavy (non-hydrogen) atoms. The first kappa shape index (κ1) is 15.9. The summed E-state index contributed by atoms with van der Waals surface area (Å²) in [5.74, 6) is 0.721. The average molecular weight is 308 g/mol. The van der Waals surface area contributed by atoms with Crippen LogP contribution in [0.2, 0.25) is 0 Å². The van der Waals surface area contributed by atoms with Gasteiger partial charge in [0.15, 0.2) is 0 Å². The zero-order valence-corrected chi connectivity index (χ0v) is 12.4. The lowest BCUT2D eigenvalue weighted by Crippen LogP contribution is -2.56. The molecule has 120 valence electrons. The van der Waals surface area contributed by atoms with E-state index in [2.05, 4.69) is 0 Å². The summed E-state index contributed by atoms with van der Waals surface area (Å²) < 4.78 is 5.60. The van der Waals surface area contributed by atoms with E-state index < -0.39 is 12.2 Å². The van der Waals surface area contributed by atoms with Crippen molar-refractivity contribution in [2.45, 2.75) is 19.4 Å². The van der Waals surface area contributed by atoms with Gasteiger partial charge in [0, 0.05) is 26.1 Å². The Morgan fingerprint density at radius 3 is 2.45 bits per heavy atom. The fourth-order valence-corrected chi connectivity index (χ4v) is 2.48. The Kier molecular flexibility index (Phi) is 5.08. The summed E-state index contributed by atoms with van der Waals surface area (Å²) in [5, 5.41) is 18.2. The fourth-order valence-electron chi connectivity index (χ4n) is 2.48. The Balaban J connectivity index is 1.90. The normalized spacial score (nSPS) is 18.1. The van der Waals surface area contributed by atoms with Gasteiger partial charge in [0.2, 0.25) is 0 Å². The van der Waals surface area contributed by atoms with E-state index in [9.17, 15) is 14.7 Å². The molecule has 1 atom stereocenters. The minimum absolute atomic E-state index is 0.179. The van der Waals surface area contributed by atoms with Gasteiger partial charge in [0.1, 0.15) is 5.75 Å². The number of benzene rings is 1. The minimum atomic E-state index is -1.02. The molecule has 0 spiro atoms. The van der Waals surface area contributed by atoms with Gasteiger partial charge in [-0.2, -0.15) is 0 Å². The maximum Gasteiger partial charge on any atom is 0.407 e. The molecule has 1 aromatic carbocycles. The summed E-state index contributed by atoms with van der Waals surface area (Å²) in [6.07, 6.45) is -1.59. The SMILES string of the molecule is Cc1ccc(OCC[C@@H]2CN(C(=O)O)CCN2C(=O)O)cc1. The second-order valence-electron chi connectivity index (χ2n) is 5.31. The molecule has 0 bridgehead atoms. The number of nitrogens with zero attached hydrogens (tertiary/aromatic N) is 2. The van der Waals surface area contributed by atoms with Crippen LogP contribution in [0.5, 0.6) is 5.75 Å². The molecule has 0 unspecified atom stereocenters. The Hall–Kier alpha value is -2.44. The molecule has 1 fully saturated rings. The predicted octanol–water partition coefficient (Wildman–Crippen LogP) is 2.11. The Bertz CT molecular complexity index is 531. The van der Waals surface area contributed by atoms with Crippen molar-refractivity contribution in [3.8, 4) is 5.75 Å². The van der Waals surface area contributed by atoms with Crippen molar-refractivity contribution in [1.29, 1.82) is 0 Å². The van der Waals surface area contributed by atoms with Crippen LogP contribution in [-0.2, 0) is 0 Å². The molecule has 1 aromatic rings. The van der Waals surface area contributed by atoms with Gasteiger partial charge in [-0.05, 0) is 19.1 Å². The van der Waals surface area contributed by atoms with Crippen molar-refractivity contribution < 1.29 is 24.5 Å². The molecular formula is C15H20N2O5. The van der Waals surface area contributed by atoms with E-state index in [0.29, 0.717) is 13.0 Å². The highest BCUT2D eigenvalue weighted by Crippen LogP contribution is 2.16. The van der Waals surface area contributed by atoms with Crippen LogP contribution in [0.15, 0.2) is 24.3 Å². The standard InChI is InChI=1S/C15H20N2O5/c1-11-2-4-13(5-3-11)22-9-6-12-10-16(14(18)19)7-8-17(12)15(20)21/h2-5,12H,6-10H2,1H3,(H,18,19)(H,20,21)/t12-/m1/s1. The van der Waals surface area contributed by atoms with Crippen LogP contribution in [0.1, 0.15) is 12.0 Å². The molecule has 7 nitrogen and oxygen atoms in total. The van der Waals surface area contributed by atoms with Crippen LogP contribution in [-0.4, -0.2) is 64.5 Å². The van der Waals surface area contributed by atoms with Gasteiger partial charge in [-0.15, -0.1) is 0 Å². The maximum atomic E-state index is 11.2. The zero-order chi connectivity index (χ0) is 16.1. The third-order valence-corrected chi connectivity index (χ3v) is 3.74. The van der Waals surface area contributed by atoms with Crippen LogP contribution < -0.4 is 4.74 Å². The van der Waals surface area contributed by atoms with Crippen molar-refractivity contribution in [2.75, 3.05) is 26.2 Å². The number of amides is 2. The van der Waals surface area contributed by atoms with Crippen LogP contribution in [0, 0.1) is 6.92 Å². The van der Waals surface area contributed by atoms with Gasteiger partial charge in [0.05, 0.1) is 12.6 Å². The molecule has 1 heterocycles. The van der Waals surface area contributed by atoms with Crippen LogP contribution in [0.4, 0.5) is 9.59 Å². The summed E-state index contributed by atoms with van der Waals surface area (Å²) in [5.41, 5.74) is 1.13. The molecule has 0 saturated carbocycles. The summed E-state index contributed by atoms with van der Waals surface area (Å²) in [6.45, 7) is 2.90. The highest BCUT2D eigenvalue weighted by molar-refractivity contribution is 5.68. The first-order chi connectivity index (χ1) is 10.5. The molecule has 2 rings (SSSR count). The molecule has 7 heteroatoms. The number of piperazine rings is 1. The molecular weight excluding hydrogens is 288 g/mol. The van der Waals surface area contributed by atoms with E-state index in [-0.39, 0.29) is 25.7 Å². The highest BCUT2D eigenvalue weighted by atomic mass is 16.5. The third-order valence-electron chi connectivity index (χ3n) is 3.74. The van der Waals surface area contributed by atoms with Crippen LogP contribution >= 0.6 is 0 Å². The quantitative estimate of drug-likeness (QED) is 0.889. The molecule has 0 aromatic heterocycles. The number of ether oxygens (including phenoxy) is 1. The molecule has 1 saturated heterocycles. The Labute approximate surface area is 128 Å². The lowest BCUT2D eigenvalue weighted by molar-refractivity contribution is 0.0562. The summed E-state index contributed by atoms with van der Waals surface area (Å²) >= 11 is 0. The van der Waals surface area contributed by atoms with E-state index in [1.165, 1.54) is 9.80 Å². The Morgan fingerprint density at radius 1 is 1.18 bits per heavy atom. The Morgan fingerprint density at radius 2 is 1.86 bits per heavy atom. The van der Waals surface area contributed by atoms with Crippen LogP contribution in [0.3, 0.4) is 0 Å². The van der Waals surface area contributed by atoms with Gasteiger partial charge in [-0.1, -0.05) is 17.7 Å². The number of hydrogen-bond donors (Lipinski definition) is 2. The molecule has 1 aliphatic rings. The van der Waals surface area contributed by atoms with Crippen molar-refractivity contribution in [1.82, 2.24) is 9.80 Å². The van der Waals surface area contributed by atoms with E-state index >= 15 is 0 Å². The second-order valence-corrected chi connectivity index (χ2v) is 5.31. The van der Waals surface area contributed by atoms with Gasteiger partial charge < -0.3 is 24.7 Å². The van der Waals surface area contributed by atoms with E-state index in [4.69, 9.17) is 9.84 Å². The maximum absolute atomic E-state index is 11.2. The van der Waals surface area contributed by atoms with E-state index in [1.807, 2.05) is 31.2 Å². The molecule has 0 aliphatic carbocycles. The predicted molar refractivity (Wildman–Crippen MR) is 79.4 cm³/mol. The second kappa shape index (κ2) is 7.02. The number of rotatable bonds is 4. The topological polar surface area (TPSA) is 90.3 Å². The smallest absolute Gasteiger partial charge is 0.407 e. The number of aryl methyl sites for hydroxylation is 1. The fraction of sp³-hybridized carbons (Fsp3) is 0.467. The van der Waals surface area contributed by atoms with Crippen molar-refractivity contribution in [3.63, 3.8) is 0 Å². The summed E-state index contributed by atoms with van der Waals surface area (Å²) in [6, 6.07) is 7.20. The van der Waals surface area contributed by atoms with Gasteiger partial charge in [-0.25, -0.2) is 9.59 Å². The van der Waals surface area contributed by atoms with Crippen LogP contribution in [0.25, 0.3) is 0 Å². The average Bonchev–Trinajstić information content (AvgIpc) is 2.49. The van der Waals surface area contributed by atoms with Gasteiger partial charge in [0.25, 0.3) is 0 Å². The van der Waals surface area contributed by atoms with Crippen molar-refractivity contribution in [3.05, 3.63) is 29.8 Å². The molecule has 1 aliphatic heterocycles. The first-order valence-electron chi connectivity index (χ1n) is 7.14. The molecule has 0 radical (unpaired) electrons. The number of carbonyl (C=O) groups is 2. The van der Waals surface area contributed by atoms with Crippen molar-refractivity contribution in [2.24, 2.45) is 0 Å². The lowest BCUT2D eigenvalue weighted by Gasteiger charge is -2.38. The van der Waals surface area contributed by atoms with E-state index in [0.717, 1.165) is 11.3 Å². The van der Waals surface area contributed by atoms with Gasteiger partial charge >= 0.3 is 12.2 Å². The number of carboxylic acid groups (broad SMARTS) is 2.